The third-order valence-electron chi connectivity index (χ3n) is 2.32. The van der Waals surface area contributed by atoms with E-state index in [0.717, 1.165) is 0 Å². The maximum Gasteiger partial charge on any atom is 0.257 e. The largest absolute Gasteiger partial charge is 0.484 e. The molecule has 0 atom stereocenters. The van der Waals surface area contributed by atoms with Crippen LogP contribution in [0.2, 0.25) is 0 Å². The van der Waals surface area contributed by atoms with E-state index in [1.54, 1.807) is 12.1 Å². The van der Waals surface area contributed by atoms with Crippen molar-refractivity contribution in [2.24, 2.45) is 11.7 Å². The van der Waals surface area contributed by atoms with E-state index in [0.29, 0.717) is 23.8 Å². The summed E-state index contributed by atoms with van der Waals surface area (Å²) in [5.74, 6) is 0.0734. The molecule has 100 valence electrons. The first-order valence-corrected chi connectivity index (χ1v) is 5.91. The third-order valence-corrected chi connectivity index (χ3v) is 2.32. The molecular formula is C13H19FN2O2. The van der Waals surface area contributed by atoms with Crippen LogP contribution in [0.25, 0.3) is 0 Å². The van der Waals surface area contributed by atoms with Crippen LogP contribution >= 0.6 is 0 Å². The van der Waals surface area contributed by atoms with E-state index in [4.69, 9.17) is 10.5 Å². The minimum atomic E-state index is -0.419. The number of halogens is 1. The van der Waals surface area contributed by atoms with Crippen LogP contribution < -0.4 is 15.8 Å². The van der Waals surface area contributed by atoms with Crippen LogP contribution in [0.3, 0.4) is 0 Å². The van der Waals surface area contributed by atoms with Gasteiger partial charge in [-0.3, -0.25) is 4.79 Å². The van der Waals surface area contributed by atoms with Gasteiger partial charge in [0.1, 0.15) is 11.6 Å². The maximum atomic E-state index is 13.4. The normalized spacial score (nSPS) is 10.5. The Labute approximate surface area is 106 Å². The van der Waals surface area contributed by atoms with Crippen LogP contribution in [0.5, 0.6) is 5.75 Å². The Morgan fingerprint density at radius 2 is 2.22 bits per heavy atom. The molecule has 0 unspecified atom stereocenters. The first-order valence-electron chi connectivity index (χ1n) is 5.91. The second kappa shape index (κ2) is 6.96. The first-order chi connectivity index (χ1) is 8.52. The first kappa shape index (κ1) is 14.4. The number of benzene rings is 1. The van der Waals surface area contributed by atoms with Gasteiger partial charge in [-0.2, -0.15) is 0 Å². The van der Waals surface area contributed by atoms with Crippen molar-refractivity contribution in [3.63, 3.8) is 0 Å². The van der Waals surface area contributed by atoms with E-state index >= 15 is 0 Å². The van der Waals surface area contributed by atoms with Crippen LogP contribution in [0.15, 0.2) is 18.2 Å². The summed E-state index contributed by atoms with van der Waals surface area (Å²) in [6.07, 6.45) is 0. The molecule has 1 aromatic carbocycles. The van der Waals surface area contributed by atoms with Crippen LogP contribution in [-0.4, -0.2) is 19.1 Å². The number of rotatable bonds is 6. The molecule has 0 spiro atoms. The molecule has 0 saturated heterocycles. The Hall–Kier alpha value is -1.62. The molecule has 0 saturated carbocycles. The molecular weight excluding hydrogens is 235 g/mol. The number of carbonyl (C=O) groups is 1. The van der Waals surface area contributed by atoms with Crippen molar-refractivity contribution < 1.29 is 13.9 Å². The molecule has 1 amide bonds. The summed E-state index contributed by atoms with van der Waals surface area (Å²) in [6, 6.07) is 4.38. The Kier molecular flexibility index (Phi) is 5.58. The molecule has 1 rings (SSSR count). The number of amides is 1. The number of hydrogen-bond donors (Lipinski definition) is 2. The number of nitrogens with one attached hydrogen (secondary N) is 1. The number of carbonyl (C=O) groups excluding carboxylic acids is 1. The van der Waals surface area contributed by atoms with Crippen molar-refractivity contribution in [1.29, 1.82) is 0 Å². The average molecular weight is 254 g/mol. The molecule has 18 heavy (non-hydrogen) atoms. The number of hydrogen-bond acceptors (Lipinski definition) is 3. The molecule has 0 aliphatic heterocycles. The molecule has 0 aliphatic carbocycles. The van der Waals surface area contributed by atoms with Gasteiger partial charge in [-0.1, -0.05) is 19.9 Å². The smallest absolute Gasteiger partial charge is 0.257 e. The van der Waals surface area contributed by atoms with E-state index < -0.39 is 5.82 Å². The monoisotopic (exact) mass is 254 g/mol. The summed E-state index contributed by atoms with van der Waals surface area (Å²) >= 11 is 0. The van der Waals surface area contributed by atoms with Gasteiger partial charge in [-0.05, 0) is 12.0 Å². The Morgan fingerprint density at radius 3 is 2.78 bits per heavy atom. The lowest BCUT2D eigenvalue weighted by molar-refractivity contribution is -0.123. The van der Waals surface area contributed by atoms with Gasteiger partial charge < -0.3 is 15.8 Å². The van der Waals surface area contributed by atoms with Crippen LogP contribution in [-0.2, 0) is 11.3 Å². The maximum absolute atomic E-state index is 13.4. The standard InChI is InChI=1S/C13H19FN2O2/c1-9(2)7-16-13(17)8-18-11-4-3-10(6-15)12(14)5-11/h3-5,9H,6-8,15H2,1-2H3,(H,16,17). The summed E-state index contributed by atoms with van der Waals surface area (Å²) in [4.78, 5) is 11.4. The quantitative estimate of drug-likeness (QED) is 0.807. The lowest BCUT2D eigenvalue weighted by Crippen LogP contribution is -2.31. The molecule has 0 heterocycles. The SMILES string of the molecule is CC(C)CNC(=O)COc1ccc(CN)c(F)c1. The fraction of sp³-hybridized carbons (Fsp3) is 0.462. The Morgan fingerprint density at radius 1 is 1.50 bits per heavy atom. The predicted octanol–water partition coefficient (Wildman–Crippen LogP) is 1.44. The number of nitrogens with two attached hydrogens (primary N) is 1. The summed E-state index contributed by atoms with van der Waals surface area (Å²) in [5, 5.41) is 2.71. The zero-order valence-corrected chi connectivity index (χ0v) is 10.7. The summed E-state index contributed by atoms with van der Waals surface area (Å²) in [6.45, 7) is 4.63. The minimum absolute atomic E-state index is 0.117. The van der Waals surface area contributed by atoms with E-state index in [9.17, 15) is 9.18 Å². The van der Waals surface area contributed by atoms with Gasteiger partial charge in [0.2, 0.25) is 0 Å². The molecule has 1 aromatic rings. The van der Waals surface area contributed by atoms with Gasteiger partial charge in [-0.15, -0.1) is 0 Å². The summed E-state index contributed by atoms with van der Waals surface area (Å²) in [7, 11) is 0. The molecule has 5 heteroatoms. The molecule has 0 fully saturated rings. The fourth-order valence-corrected chi connectivity index (χ4v) is 1.30. The highest BCUT2D eigenvalue weighted by molar-refractivity contribution is 5.77. The van der Waals surface area contributed by atoms with E-state index in [1.165, 1.54) is 6.07 Å². The summed E-state index contributed by atoms with van der Waals surface area (Å²) < 4.78 is 18.6. The van der Waals surface area contributed by atoms with Gasteiger partial charge in [0.15, 0.2) is 6.61 Å². The van der Waals surface area contributed by atoms with Crippen molar-refractivity contribution in [2.45, 2.75) is 20.4 Å². The zero-order chi connectivity index (χ0) is 13.5. The Balaban J connectivity index is 2.43. The third kappa shape index (κ3) is 4.71. The van der Waals surface area contributed by atoms with Gasteiger partial charge in [0.25, 0.3) is 5.91 Å². The molecule has 0 bridgehead atoms. The predicted molar refractivity (Wildman–Crippen MR) is 67.6 cm³/mol. The lowest BCUT2D eigenvalue weighted by atomic mass is 10.2. The van der Waals surface area contributed by atoms with Crippen molar-refractivity contribution in [1.82, 2.24) is 5.32 Å². The van der Waals surface area contributed by atoms with Gasteiger partial charge in [0, 0.05) is 24.7 Å². The summed E-state index contributed by atoms with van der Waals surface area (Å²) in [5.41, 5.74) is 5.77. The van der Waals surface area contributed by atoms with Crippen molar-refractivity contribution in [3.8, 4) is 5.75 Å². The van der Waals surface area contributed by atoms with E-state index in [-0.39, 0.29) is 19.1 Å². The average Bonchev–Trinajstić information content (AvgIpc) is 2.34. The van der Waals surface area contributed by atoms with E-state index in [2.05, 4.69) is 5.32 Å². The molecule has 3 N–H and O–H groups in total. The van der Waals surface area contributed by atoms with Crippen LogP contribution in [0, 0.1) is 11.7 Å². The zero-order valence-electron chi connectivity index (χ0n) is 10.7. The second-order valence-electron chi connectivity index (χ2n) is 4.44. The van der Waals surface area contributed by atoms with Gasteiger partial charge >= 0.3 is 0 Å². The van der Waals surface area contributed by atoms with Crippen LogP contribution in [0.4, 0.5) is 4.39 Å². The van der Waals surface area contributed by atoms with E-state index in [1.807, 2.05) is 13.8 Å². The fourth-order valence-electron chi connectivity index (χ4n) is 1.30. The highest BCUT2D eigenvalue weighted by Gasteiger charge is 2.06. The van der Waals surface area contributed by atoms with Gasteiger partial charge in [0.05, 0.1) is 0 Å². The molecule has 0 aromatic heterocycles. The molecule has 0 radical (unpaired) electrons. The van der Waals surface area contributed by atoms with Gasteiger partial charge in [-0.25, -0.2) is 4.39 Å². The van der Waals surface area contributed by atoms with Crippen molar-refractivity contribution in [2.75, 3.05) is 13.2 Å². The molecule has 4 nitrogen and oxygen atoms in total. The second-order valence-corrected chi connectivity index (χ2v) is 4.44. The van der Waals surface area contributed by atoms with Crippen molar-refractivity contribution >= 4 is 5.91 Å². The van der Waals surface area contributed by atoms with Crippen molar-refractivity contribution in [3.05, 3.63) is 29.6 Å². The number of ether oxygens (including phenoxy) is 1. The Bertz CT molecular complexity index is 408. The highest BCUT2D eigenvalue weighted by Crippen LogP contribution is 2.16. The lowest BCUT2D eigenvalue weighted by Gasteiger charge is -2.09. The topological polar surface area (TPSA) is 64.3 Å². The minimum Gasteiger partial charge on any atom is -0.484 e. The highest BCUT2D eigenvalue weighted by atomic mass is 19.1. The van der Waals surface area contributed by atoms with Crippen LogP contribution in [0.1, 0.15) is 19.4 Å². The molecule has 0 aliphatic rings.